The molecule has 0 radical (unpaired) electrons. The lowest BCUT2D eigenvalue weighted by Crippen LogP contribution is -2.36. The van der Waals surface area contributed by atoms with Gasteiger partial charge in [-0.05, 0) is 40.2 Å². The minimum absolute atomic E-state index is 0.103. The largest absolute Gasteiger partial charge is 0.469 e. The van der Waals surface area contributed by atoms with Crippen molar-refractivity contribution in [1.82, 2.24) is 5.32 Å². The number of nitrogens with one attached hydrogen (secondary N) is 1. The molecule has 0 aliphatic carbocycles. The number of hydrogen-bond donors (Lipinski definition) is 1. The summed E-state index contributed by atoms with van der Waals surface area (Å²) in [6.45, 7) is 7.48. The molecule has 3 nitrogen and oxygen atoms in total. The van der Waals surface area contributed by atoms with Crippen molar-refractivity contribution in [2.24, 2.45) is 0 Å². The van der Waals surface area contributed by atoms with E-state index in [4.69, 9.17) is 0 Å². The highest BCUT2D eigenvalue weighted by molar-refractivity contribution is 5.68. The quantitative estimate of drug-likeness (QED) is 0.528. The number of rotatable bonds is 6. The Morgan fingerprint density at radius 3 is 2.36 bits per heavy atom. The number of esters is 1. The van der Waals surface area contributed by atoms with Crippen molar-refractivity contribution in [3.05, 3.63) is 0 Å². The summed E-state index contributed by atoms with van der Waals surface area (Å²) in [4.78, 5) is 10.8. The molecule has 84 valence electrons. The van der Waals surface area contributed by atoms with Gasteiger partial charge in [0.05, 0.1) is 7.11 Å². The Morgan fingerprint density at radius 2 is 1.86 bits per heavy atom. The highest BCUT2D eigenvalue weighted by atomic mass is 16.5. The second-order valence-electron chi connectivity index (χ2n) is 4.56. The van der Waals surface area contributed by atoms with Crippen molar-refractivity contribution in [1.29, 1.82) is 0 Å². The van der Waals surface area contributed by atoms with Crippen LogP contribution in [0.25, 0.3) is 0 Å². The lowest BCUT2D eigenvalue weighted by atomic mass is 10.1. The van der Waals surface area contributed by atoms with Crippen LogP contribution in [0.3, 0.4) is 0 Å². The minimum Gasteiger partial charge on any atom is -0.469 e. The Labute approximate surface area is 87.2 Å². The van der Waals surface area contributed by atoms with E-state index in [0.29, 0.717) is 6.42 Å². The first kappa shape index (κ1) is 13.4. The third-order valence-corrected chi connectivity index (χ3v) is 1.94. The molecule has 0 saturated heterocycles. The third kappa shape index (κ3) is 9.52. The van der Waals surface area contributed by atoms with E-state index >= 15 is 0 Å². The zero-order valence-corrected chi connectivity index (χ0v) is 9.85. The Morgan fingerprint density at radius 1 is 1.21 bits per heavy atom. The number of carbonyl (C=O) groups excluding carboxylic acids is 1. The maximum Gasteiger partial charge on any atom is 0.305 e. The molecule has 14 heavy (non-hydrogen) atoms. The lowest BCUT2D eigenvalue weighted by Gasteiger charge is -2.20. The number of carbonyl (C=O) groups is 1. The Hall–Kier alpha value is -0.570. The fraction of sp³-hybridized carbons (Fsp3) is 0.909. The highest BCUT2D eigenvalue weighted by Gasteiger charge is 2.07. The normalized spacial score (nSPS) is 11.4. The molecular weight excluding hydrogens is 178 g/mol. The third-order valence-electron chi connectivity index (χ3n) is 1.94. The van der Waals surface area contributed by atoms with Gasteiger partial charge in [-0.25, -0.2) is 0 Å². The molecule has 0 rings (SSSR count). The van der Waals surface area contributed by atoms with Crippen LogP contribution in [0.2, 0.25) is 0 Å². The maximum absolute atomic E-state index is 10.8. The van der Waals surface area contributed by atoms with Gasteiger partial charge in [0, 0.05) is 12.0 Å². The summed E-state index contributed by atoms with van der Waals surface area (Å²) in [6.07, 6.45) is 3.68. The van der Waals surface area contributed by atoms with Gasteiger partial charge in [0.15, 0.2) is 0 Å². The number of unbranched alkanes of at least 4 members (excludes halogenated alkanes) is 2. The molecule has 0 spiro atoms. The van der Waals surface area contributed by atoms with Crippen molar-refractivity contribution >= 4 is 5.97 Å². The Kier molecular flexibility index (Phi) is 6.54. The first-order valence-electron chi connectivity index (χ1n) is 5.27. The molecule has 0 aliphatic heterocycles. The van der Waals surface area contributed by atoms with E-state index in [1.54, 1.807) is 0 Å². The van der Waals surface area contributed by atoms with Crippen LogP contribution >= 0.6 is 0 Å². The topological polar surface area (TPSA) is 38.3 Å². The molecule has 0 atom stereocenters. The fourth-order valence-electron chi connectivity index (χ4n) is 1.14. The molecule has 0 bridgehead atoms. The van der Waals surface area contributed by atoms with E-state index in [2.05, 4.69) is 30.8 Å². The molecule has 0 aromatic rings. The van der Waals surface area contributed by atoms with Gasteiger partial charge >= 0.3 is 5.97 Å². The number of ether oxygens (including phenoxy) is 1. The van der Waals surface area contributed by atoms with Gasteiger partial charge < -0.3 is 10.1 Å². The summed E-state index contributed by atoms with van der Waals surface area (Å²) in [6, 6.07) is 0. The Bertz CT molecular complexity index is 161. The van der Waals surface area contributed by atoms with Crippen molar-refractivity contribution in [2.75, 3.05) is 13.7 Å². The molecule has 0 saturated carbocycles. The van der Waals surface area contributed by atoms with Gasteiger partial charge in [0.1, 0.15) is 0 Å². The van der Waals surface area contributed by atoms with Crippen LogP contribution in [0.4, 0.5) is 0 Å². The van der Waals surface area contributed by atoms with Gasteiger partial charge in [-0.1, -0.05) is 6.42 Å². The predicted octanol–water partition coefficient (Wildman–Crippen LogP) is 2.11. The van der Waals surface area contributed by atoms with Crippen molar-refractivity contribution < 1.29 is 9.53 Å². The van der Waals surface area contributed by atoms with E-state index in [9.17, 15) is 4.79 Å². The second-order valence-corrected chi connectivity index (χ2v) is 4.56. The number of methoxy groups -OCH3 is 1. The predicted molar refractivity (Wildman–Crippen MR) is 58.2 cm³/mol. The molecule has 1 N–H and O–H groups in total. The Balaban J connectivity index is 3.18. The molecule has 0 aromatic heterocycles. The molecule has 0 unspecified atom stereocenters. The molecule has 0 fully saturated rings. The summed E-state index contributed by atoms with van der Waals surface area (Å²) in [7, 11) is 1.43. The smallest absolute Gasteiger partial charge is 0.305 e. The van der Waals surface area contributed by atoms with Crippen LogP contribution in [0.1, 0.15) is 46.5 Å². The van der Waals surface area contributed by atoms with Gasteiger partial charge in [0.2, 0.25) is 0 Å². The maximum atomic E-state index is 10.8. The number of hydrogen-bond acceptors (Lipinski definition) is 3. The van der Waals surface area contributed by atoms with Crippen molar-refractivity contribution in [3.63, 3.8) is 0 Å². The van der Waals surface area contributed by atoms with Crippen molar-refractivity contribution in [3.8, 4) is 0 Å². The van der Waals surface area contributed by atoms with Crippen LogP contribution in [0.5, 0.6) is 0 Å². The first-order valence-corrected chi connectivity index (χ1v) is 5.27. The average Bonchev–Trinajstić information content (AvgIpc) is 2.08. The summed E-state index contributed by atoms with van der Waals surface area (Å²) in [5.74, 6) is -0.103. The molecule has 0 heterocycles. The summed E-state index contributed by atoms with van der Waals surface area (Å²) < 4.78 is 4.56. The SMILES string of the molecule is COC(=O)CCCCCNC(C)(C)C. The van der Waals surface area contributed by atoms with Crippen LogP contribution in [0, 0.1) is 0 Å². The van der Waals surface area contributed by atoms with E-state index in [1.807, 2.05) is 0 Å². The van der Waals surface area contributed by atoms with Gasteiger partial charge in [-0.3, -0.25) is 4.79 Å². The van der Waals surface area contributed by atoms with E-state index in [0.717, 1.165) is 25.8 Å². The van der Waals surface area contributed by atoms with Gasteiger partial charge in [0.25, 0.3) is 0 Å². The average molecular weight is 201 g/mol. The van der Waals surface area contributed by atoms with Crippen molar-refractivity contribution in [2.45, 2.75) is 52.0 Å². The zero-order chi connectivity index (χ0) is 11.0. The van der Waals surface area contributed by atoms with E-state index in [1.165, 1.54) is 7.11 Å². The van der Waals surface area contributed by atoms with E-state index < -0.39 is 0 Å². The molecule has 0 amide bonds. The van der Waals surface area contributed by atoms with Crippen LogP contribution in [0.15, 0.2) is 0 Å². The van der Waals surface area contributed by atoms with Gasteiger partial charge in [-0.15, -0.1) is 0 Å². The van der Waals surface area contributed by atoms with Gasteiger partial charge in [-0.2, -0.15) is 0 Å². The lowest BCUT2D eigenvalue weighted by molar-refractivity contribution is -0.140. The molecule has 0 aliphatic rings. The van der Waals surface area contributed by atoms with E-state index in [-0.39, 0.29) is 11.5 Å². The first-order chi connectivity index (χ1) is 6.45. The minimum atomic E-state index is -0.103. The standard InChI is InChI=1S/C11H23NO2/c1-11(2,3)12-9-7-5-6-8-10(13)14-4/h12H,5-9H2,1-4H3. The molecule has 0 aromatic carbocycles. The van der Waals surface area contributed by atoms with Crippen LogP contribution in [-0.2, 0) is 9.53 Å². The fourth-order valence-corrected chi connectivity index (χ4v) is 1.14. The zero-order valence-electron chi connectivity index (χ0n) is 9.85. The summed E-state index contributed by atoms with van der Waals surface area (Å²) in [5, 5.41) is 3.41. The molecule has 3 heteroatoms. The summed E-state index contributed by atoms with van der Waals surface area (Å²) >= 11 is 0. The second kappa shape index (κ2) is 6.82. The summed E-state index contributed by atoms with van der Waals surface area (Å²) in [5.41, 5.74) is 0.197. The highest BCUT2D eigenvalue weighted by Crippen LogP contribution is 2.02. The van der Waals surface area contributed by atoms with Crippen LogP contribution in [-0.4, -0.2) is 25.2 Å². The molecular formula is C11H23NO2. The van der Waals surface area contributed by atoms with Crippen LogP contribution < -0.4 is 5.32 Å². The monoisotopic (exact) mass is 201 g/mol.